The number of hydrogen-bond acceptors (Lipinski definition) is 2. The number of esters is 1. The van der Waals surface area contributed by atoms with Crippen LogP contribution in [0.15, 0.2) is 24.3 Å². The van der Waals surface area contributed by atoms with Gasteiger partial charge in [0.2, 0.25) is 0 Å². The number of hydrogen-bond donors (Lipinski definition) is 0. The summed E-state index contributed by atoms with van der Waals surface area (Å²) in [5, 5.41) is 0. The molecule has 16 heavy (non-hydrogen) atoms. The first-order valence-electron chi connectivity index (χ1n) is 5.83. The molecule has 0 unspecified atom stereocenters. The first kappa shape index (κ1) is 11.2. The molecule has 0 aliphatic heterocycles. The summed E-state index contributed by atoms with van der Waals surface area (Å²) < 4.78 is 5.05. The average molecular weight is 218 g/mol. The highest BCUT2D eigenvalue weighted by atomic mass is 16.5. The third-order valence-corrected chi connectivity index (χ3v) is 3.57. The summed E-state index contributed by atoms with van der Waals surface area (Å²) in [5.41, 5.74) is 3.07. The molecule has 0 spiro atoms. The largest absolute Gasteiger partial charge is 0.466 e. The van der Waals surface area contributed by atoms with Gasteiger partial charge < -0.3 is 4.74 Å². The second-order valence-electron chi connectivity index (χ2n) is 4.81. The fraction of sp³-hybridized carbons (Fsp3) is 0.500. The van der Waals surface area contributed by atoms with Crippen LogP contribution in [0.2, 0.25) is 0 Å². The van der Waals surface area contributed by atoms with Crippen molar-refractivity contribution in [1.82, 2.24) is 0 Å². The maximum atomic E-state index is 10.7. The van der Waals surface area contributed by atoms with E-state index in [1.54, 1.807) is 0 Å². The zero-order chi connectivity index (χ0) is 11.6. The van der Waals surface area contributed by atoms with Crippen LogP contribution in [0.25, 0.3) is 0 Å². The third kappa shape index (κ3) is 2.11. The lowest BCUT2D eigenvalue weighted by atomic mass is 9.81. The molecule has 1 aliphatic carbocycles. The fourth-order valence-electron chi connectivity index (χ4n) is 2.55. The van der Waals surface area contributed by atoms with Crippen molar-refractivity contribution in [3.8, 4) is 0 Å². The molecule has 2 rings (SSSR count). The SMILES string of the molecule is CC(=O)OCC[C@]1(C)CCc2ccccc21. The van der Waals surface area contributed by atoms with Crippen LogP contribution < -0.4 is 0 Å². The monoisotopic (exact) mass is 218 g/mol. The first-order valence-corrected chi connectivity index (χ1v) is 5.83. The first-order chi connectivity index (χ1) is 7.62. The summed E-state index contributed by atoms with van der Waals surface area (Å²) in [7, 11) is 0. The van der Waals surface area contributed by atoms with Crippen LogP contribution in [0.5, 0.6) is 0 Å². The lowest BCUT2D eigenvalue weighted by Crippen LogP contribution is -2.21. The van der Waals surface area contributed by atoms with Gasteiger partial charge in [-0.1, -0.05) is 31.2 Å². The Kier molecular flexibility index (Phi) is 2.99. The molecule has 1 atom stereocenters. The number of fused-ring (bicyclic) bond motifs is 1. The van der Waals surface area contributed by atoms with Crippen molar-refractivity contribution in [2.24, 2.45) is 0 Å². The number of ether oxygens (including phenoxy) is 1. The molecule has 1 aromatic carbocycles. The smallest absolute Gasteiger partial charge is 0.302 e. The molecule has 0 saturated carbocycles. The van der Waals surface area contributed by atoms with Crippen molar-refractivity contribution in [2.45, 2.75) is 38.5 Å². The highest BCUT2D eigenvalue weighted by molar-refractivity contribution is 5.65. The van der Waals surface area contributed by atoms with Crippen LogP contribution in [0.3, 0.4) is 0 Å². The van der Waals surface area contributed by atoms with Crippen LogP contribution in [0, 0.1) is 0 Å². The van der Waals surface area contributed by atoms with E-state index in [4.69, 9.17) is 4.74 Å². The molecule has 0 saturated heterocycles. The van der Waals surface area contributed by atoms with E-state index in [2.05, 4.69) is 31.2 Å². The number of aryl methyl sites for hydroxylation is 1. The number of rotatable bonds is 3. The van der Waals surface area contributed by atoms with Gasteiger partial charge in [-0.2, -0.15) is 0 Å². The van der Waals surface area contributed by atoms with E-state index in [0.717, 1.165) is 19.3 Å². The topological polar surface area (TPSA) is 26.3 Å². The van der Waals surface area contributed by atoms with E-state index < -0.39 is 0 Å². The van der Waals surface area contributed by atoms with E-state index in [1.807, 2.05) is 0 Å². The lowest BCUT2D eigenvalue weighted by molar-refractivity contribution is -0.141. The predicted octanol–water partition coefficient (Wildman–Crippen LogP) is 2.84. The molecule has 0 heterocycles. The molecule has 0 amide bonds. The molecule has 0 aromatic heterocycles. The van der Waals surface area contributed by atoms with Gasteiger partial charge in [0, 0.05) is 6.92 Å². The summed E-state index contributed by atoms with van der Waals surface area (Å²) >= 11 is 0. The molecule has 86 valence electrons. The maximum absolute atomic E-state index is 10.7. The van der Waals surface area contributed by atoms with Crippen molar-refractivity contribution >= 4 is 5.97 Å². The molecule has 0 fully saturated rings. The van der Waals surface area contributed by atoms with Crippen LogP contribution in [-0.4, -0.2) is 12.6 Å². The highest BCUT2D eigenvalue weighted by Gasteiger charge is 2.33. The Labute approximate surface area is 96.6 Å². The Morgan fingerprint density at radius 2 is 2.19 bits per heavy atom. The normalized spacial score (nSPS) is 22.9. The number of benzene rings is 1. The average Bonchev–Trinajstić information content (AvgIpc) is 2.57. The van der Waals surface area contributed by atoms with Gasteiger partial charge in [-0.3, -0.25) is 4.79 Å². The zero-order valence-corrected chi connectivity index (χ0v) is 9.95. The van der Waals surface area contributed by atoms with E-state index in [1.165, 1.54) is 18.1 Å². The summed E-state index contributed by atoms with van der Waals surface area (Å²) in [6, 6.07) is 8.59. The van der Waals surface area contributed by atoms with E-state index in [9.17, 15) is 4.79 Å². The summed E-state index contributed by atoms with van der Waals surface area (Å²) in [4.78, 5) is 10.7. The fourth-order valence-corrected chi connectivity index (χ4v) is 2.55. The molecule has 0 radical (unpaired) electrons. The molecular weight excluding hydrogens is 200 g/mol. The van der Waals surface area contributed by atoms with Gasteiger partial charge in [0.1, 0.15) is 0 Å². The molecule has 2 heteroatoms. The Morgan fingerprint density at radius 3 is 2.94 bits per heavy atom. The summed E-state index contributed by atoms with van der Waals surface area (Å²) in [6.45, 7) is 4.26. The van der Waals surface area contributed by atoms with Gasteiger partial charge in [-0.25, -0.2) is 0 Å². The minimum Gasteiger partial charge on any atom is -0.466 e. The van der Waals surface area contributed by atoms with Crippen LogP contribution in [-0.2, 0) is 21.4 Å². The Morgan fingerprint density at radius 1 is 1.44 bits per heavy atom. The second kappa shape index (κ2) is 4.28. The van der Waals surface area contributed by atoms with Crippen molar-refractivity contribution < 1.29 is 9.53 Å². The predicted molar refractivity (Wildman–Crippen MR) is 63.4 cm³/mol. The van der Waals surface area contributed by atoms with Crippen molar-refractivity contribution in [2.75, 3.05) is 6.61 Å². The minimum absolute atomic E-state index is 0.185. The van der Waals surface area contributed by atoms with E-state index in [-0.39, 0.29) is 11.4 Å². The van der Waals surface area contributed by atoms with Crippen molar-refractivity contribution in [3.05, 3.63) is 35.4 Å². The molecule has 1 aromatic rings. The van der Waals surface area contributed by atoms with Gasteiger partial charge >= 0.3 is 5.97 Å². The molecular formula is C14H18O2. The van der Waals surface area contributed by atoms with Crippen molar-refractivity contribution in [1.29, 1.82) is 0 Å². The highest BCUT2D eigenvalue weighted by Crippen LogP contribution is 2.40. The molecule has 2 nitrogen and oxygen atoms in total. The zero-order valence-electron chi connectivity index (χ0n) is 9.95. The minimum atomic E-state index is -0.185. The standard InChI is InChI=1S/C14H18O2/c1-11(15)16-10-9-14(2)8-7-12-5-3-4-6-13(12)14/h3-6H,7-10H2,1-2H3/t14-/m0/s1. The van der Waals surface area contributed by atoms with Gasteiger partial charge in [0.15, 0.2) is 0 Å². The van der Waals surface area contributed by atoms with Gasteiger partial charge in [0.05, 0.1) is 6.61 Å². The number of carbonyl (C=O) groups is 1. The lowest BCUT2D eigenvalue weighted by Gasteiger charge is -2.25. The summed E-state index contributed by atoms with van der Waals surface area (Å²) in [5.74, 6) is -0.185. The van der Waals surface area contributed by atoms with E-state index >= 15 is 0 Å². The summed E-state index contributed by atoms with van der Waals surface area (Å²) in [6.07, 6.45) is 3.23. The molecule has 0 N–H and O–H groups in total. The Balaban J connectivity index is 2.07. The molecule has 1 aliphatic rings. The number of carbonyl (C=O) groups excluding carboxylic acids is 1. The molecule has 0 bridgehead atoms. The quantitative estimate of drug-likeness (QED) is 0.729. The second-order valence-corrected chi connectivity index (χ2v) is 4.81. The van der Waals surface area contributed by atoms with Crippen LogP contribution in [0.4, 0.5) is 0 Å². The maximum Gasteiger partial charge on any atom is 0.302 e. The van der Waals surface area contributed by atoms with Crippen LogP contribution >= 0.6 is 0 Å². The van der Waals surface area contributed by atoms with Gasteiger partial charge in [-0.15, -0.1) is 0 Å². The van der Waals surface area contributed by atoms with Gasteiger partial charge in [0.25, 0.3) is 0 Å². The van der Waals surface area contributed by atoms with Crippen molar-refractivity contribution in [3.63, 3.8) is 0 Å². The van der Waals surface area contributed by atoms with E-state index in [0.29, 0.717) is 6.61 Å². The van der Waals surface area contributed by atoms with Gasteiger partial charge in [-0.05, 0) is 35.8 Å². The Bertz CT molecular complexity index is 397. The Hall–Kier alpha value is -1.31. The third-order valence-electron chi connectivity index (χ3n) is 3.57. The van der Waals surface area contributed by atoms with Crippen LogP contribution in [0.1, 0.15) is 37.8 Å².